The molecule has 0 amide bonds. The number of carboxylic acid groups (broad SMARTS) is 1. The van der Waals surface area contributed by atoms with Crippen LogP contribution in [0.15, 0.2) is 79.6 Å². The zero-order valence-electron chi connectivity index (χ0n) is 33.7. The van der Waals surface area contributed by atoms with Gasteiger partial charge in [0, 0.05) is 50.4 Å². The molecule has 6 N–H and O–H groups in total. The van der Waals surface area contributed by atoms with Crippen LogP contribution in [0, 0.1) is 35.2 Å². The molecule has 0 radical (unpaired) electrons. The normalized spacial score (nSPS) is 35.9. The van der Waals surface area contributed by atoms with Crippen LogP contribution < -0.4 is 4.74 Å². The number of fused-ring (bicyclic) bond motifs is 7. The fraction of sp³-hybridized carbons (Fsp3) is 0.553. The molecule has 1 saturated carbocycles. The van der Waals surface area contributed by atoms with Gasteiger partial charge in [-0.15, -0.1) is 6.58 Å². The minimum Gasteiger partial charge on any atom is -0.486 e. The maximum Gasteiger partial charge on any atom is 0.335 e. The van der Waals surface area contributed by atoms with Gasteiger partial charge in [-0.2, -0.15) is 0 Å². The van der Waals surface area contributed by atoms with Crippen molar-refractivity contribution in [3.05, 3.63) is 102 Å². The van der Waals surface area contributed by atoms with E-state index in [9.17, 15) is 35.4 Å². The van der Waals surface area contributed by atoms with Gasteiger partial charge in [-0.3, -0.25) is 0 Å². The first-order valence-corrected chi connectivity index (χ1v) is 20.9. The van der Waals surface area contributed by atoms with Crippen LogP contribution in [0.4, 0.5) is 0 Å². The van der Waals surface area contributed by atoms with E-state index < -0.39 is 65.3 Å². The standard InChI is InChI=1S/C47H58O12/c1-3-7-32-15-16-36(26-34(32)8-5-21-55-2)58-44-47-28-37(38(49)9-6-22-56-39(10-4-20-48)41(59-44)40(50)42(47)51)45(19-23-57-47)18-17-35-25-31(27-46(35,54)29-45)24-30-11-13-33(14-12-30)43(52)53/h3,11-19,23,26,31,35,37-42,44,48-51,54H,1,4-5,7-10,20-21,24-25,27-29H2,2H3,(H,52,53). The second-order valence-corrected chi connectivity index (χ2v) is 17.1. The first-order chi connectivity index (χ1) is 28.4. The van der Waals surface area contributed by atoms with E-state index in [-0.39, 0.29) is 49.7 Å². The fourth-order valence-corrected chi connectivity index (χ4v) is 10.3. The molecule has 59 heavy (non-hydrogen) atoms. The summed E-state index contributed by atoms with van der Waals surface area (Å²) in [7, 11) is 1.66. The van der Waals surface area contributed by atoms with Gasteiger partial charge in [-0.25, -0.2) is 4.79 Å². The Morgan fingerprint density at radius 3 is 2.63 bits per heavy atom. The summed E-state index contributed by atoms with van der Waals surface area (Å²) in [6, 6.07) is 12.6. The lowest BCUT2D eigenvalue weighted by Crippen LogP contribution is -2.70. The van der Waals surface area contributed by atoms with Crippen LogP contribution in [0.1, 0.15) is 78.4 Å². The van der Waals surface area contributed by atoms with Crippen LogP contribution in [-0.2, 0) is 38.2 Å². The Balaban J connectivity index is 1.24. The van der Waals surface area contributed by atoms with Gasteiger partial charge in [0.25, 0.3) is 0 Å². The van der Waals surface area contributed by atoms with Crippen molar-refractivity contribution in [2.24, 2.45) is 23.2 Å². The van der Waals surface area contributed by atoms with Crippen LogP contribution >= 0.6 is 0 Å². The summed E-state index contributed by atoms with van der Waals surface area (Å²) in [5.41, 5.74) is -0.528. The summed E-state index contributed by atoms with van der Waals surface area (Å²) in [6.07, 6.45) is 9.27. The number of aromatic carboxylic acids is 1. The molecule has 0 aromatic heterocycles. The predicted octanol–water partition coefficient (Wildman–Crippen LogP) is 4.64. The second-order valence-electron chi connectivity index (χ2n) is 17.1. The number of methoxy groups -OCH3 is 1. The van der Waals surface area contributed by atoms with Crippen molar-refractivity contribution in [2.45, 2.75) is 119 Å². The van der Waals surface area contributed by atoms with Gasteiger partial charge >= 0.3 is 5.97 Å². The topological polar surface area (TPSA) is 185 Å². The third kappa shape index (κ3) is 8.84. The van der Waals surface area contributed by atoms with Crippen molar-refractivity contribution in [1.82, 2.24) is 0 Å². The molecule has 1 saturated heterocycles. The highest BCUT2D eigenvalue weighted by Crippen LogP contribution is 2.58. The van der Waals surface area contributed by atoms with Crippen LogP contribution in [0.2, 0.25) is 0 Å². The number of carbonyl (C=O) groups is 1. The third-order valence-electron chi connectivity index (χ3n) is 13.3. The number of ether oxygens (including phenoxy) is 5. The van der Waals surface area contributed by atoms with Crippen molar-refractivity contribution in [2.75, 3.05) is 20.3 Å². The molecule has 2 aromatic carbocycles. The summed E-state index contributed by atoms with van der Waals surface area (Å²) < 4.78 is 31.3. The van der Waals surface area contributed by atoms with E-state index >= 15 is 0 Å². The Labute approximate surface area is 346 Å². The van der Waals surface area contributed by atoms with Crippen LogP contribution in [0.5, 0.6) is 5.75 Å². The van der Waals surface area contributed by atoms with Gasteiger partial charge in [-0.1, -0.05) is 42.3 Å². The van der Waals surface area contributed by atoms with Crippen molar-refractivity contribution >= 4 is 5.97 Å². The highest BCUT2D eigenvalue weighted by molar-refractivity contribution is 5.87. The van der Waals surface area contributed by atoms with E-state index in [1.54, 1.807) is 19.2 Å². The van der Waals surface area contributed by atoms with Crippen molar-refractivity contribution in [3.8, 4) is 17.8 Å². The first kappa shape index (κ1) is 42.9. The summed E-state index contributed by atoms with van der Waals surface area (Å²) in [6.45, 7) is 4.36. The number of rotatable bonds is 14. The Kier molecular flexibility index (Phi) is 13.2. The predicted molar refractivity (Wildman–Crippen MR) is 217 cm³/mol. The highest BCUT2D eigenvalue weighted by Gasteiger charge is 2.65. The number of aryl methyl sites for hydroxylation is 1. The molecule has 4 heterocycles. The Morgan fingerprint density at radius 1 is 1.07 bits per heavy atom. The smallest absolute Gasteiger partial charge is 0.335 e. The molecule has 12 heteroatoms. The zero-order chi connectivity index (χ0) is 41.8. The number of allylic oxidation sites excluding steroid dienone is 3. The van der Waals surface area contributed by atoms with E-state index in [0.29, 0.717) is 44.5 Å². The highest BCUT2D eigenvalue weighted by atomic mass is 16.7. The van der Waals surface area contributed by atoms with E-state index in [4.69, 9.17) is 23.7 Å². The molecule has 12 atom stereocenters. The number of hydrogen-bond donors (Lipinski definition) is 6. The summed E-state index contributed by atoms with van der Waals surface area (Å²) in [5.74, 6) is 1.69. The number of aliphatic hydroxyl groups excluding tert-OH is 4. The number of hydrogen-bond acceptors (Lipinski definition) is 11. The van der Waals surface area contributed by atoms with Crippen LogP contribution in [-0.4, -0.2) is 105 Å². The molecular weight excluding hydrogens is 757 g/mol. The summed E-state index contributed by atoms with van der Waals surface area (Å²) >= 11 is 0. The zero-order valence-corrected chi connectivity index (χ0v) is 33.7. The van der Waals surface area contributed by atoms with E-state index in [1.165, 1.54) is 6.26 Å². The number of carboxylic acids is 1. The van der Waals surface area contributed by atoms with E-state index in [2.05, 4.69) is 18.6 Å². The molecule has 2 spiro atoms. The fourth-order valence-electron chi connectivity index (χ4n) is 10.3. The maximum absolute atomic E-state index is 12.5. The summed E-state index contributed by atoms with van der Waals surface area (Å²) in [4.78, 5) is 11.4. The maximum atomic E-state index is 12.5. The van der Waals surface area contributed by atoms with E-state index in [0.717, 1.165) is 29.5 Å². The minimum atomic E-state index is -1.75. The molecule has 2 fully saturated rings. The van der Waals surface area contributed by atoms with E-state index in [1.807, 2.05) is 54.6 Å². The lowest BCUT2D eigenvalue weighted by Gasteiger charge is -2.53. The molecule has 2 aliphatic carbocycles. The Hall–Kier alpha value is -4.19. The largest absolute Gasteiger partial charge is 0.486 e. The van der Waals surface area contributed by atoms with Crippen molar-refractivity contribution in [3.63, 3.8) is 0 Å². The lowest BCUT2D eigenvalue weighted by molar-refractivity contribution is -0.334. The van der Waals surface area contributed by atoms with Gasteiger partial charge in [0.1, 0.15) is 36.3 Å². The molecule has 12 nitrogen and oxygen atoms in total. The third-order valence-corrected chi connectivity index (χ3v) is 13.3. The SMILES string of the molecule is C=CCc1ccc(OC2OC3C(CCCO)OC#CCC(O)C4CC2(OC=CC42C=CC4CC(Cc5ccc(C(=O)O)cc5)CC4(O)C2)C(O)C3O)cc1CCCOC. The van der Waals surface area contributed by atoms with Crippen molar-refractivity contribution < 1.29 is 59.1 Å². The monoisotopic (exact) mass is 814 g/mol. The molecule has 4 aliphatic heterocycles. The van der Waals surface area contributed by atoms with Gasteiger partial charge in [-0.05, 0) is 111 Å². The molecular formula is C47H58O12. The molecule has 12 unspecified atom stereocenters. The van der Waals surface area contributed by atoms with Gasteiger partial charge in [0.05, 0.1) is 23.5 Å². The summed E-state index contributed by atoms with van der Waals surface area (Å²) in [5, 5.41) is 68.0. The number of aliphatic hydroxyl groups is 5. The van der Waals surface area contributed by atoms with Gasteiger partial charge in [0.2, 0.25) is 6.29 Å². The van der Waals surface area contributed by atoms with Crippen LogP contribution in [0.3, 0.4) is 0 Å². The van der Waals surface area contributed by atoms with Crippen LogP contribution in [0.25, 0.3) is 0 Å². The quantitative estimate of drug-likeness (QED) is 0.0885. The second kappa shape index (κ2) is 18.2. The molecule has 6 aliphatic rings. The van der Waals surface area contributed by atoms with Gasteiger partial charge < -0.3 is 54.3 Å². The number of benzene rings is 2. The average molecular weight is 815 g/mol. The lowest BCUT2D eigenvalue weighted by atomic mass is 9.58. The van der Waals surface area contributed by atoms with Gasteiger partial charge in [0.15, 0.2) is 5.60 Å². The molecule has 318 valence electrons. The Morgan fingerprint density at radius 2 is 1.88 bits per heavy atom. The van der Waals surface area contributed by atoms with Crippen molar-refractivity contribution in [1.29, 1.82) is 0 Å². The molecule has 2 aromatic rings. The first-order valence-electron chi connectivity index (χ1n) is 20.9. The Bertz CT molecular complexity index is 1920. The minimum absolute atomic E-state index is 0.0129. The average Bonchev–Trinajstić information content (AvgIpc) is 3.44. The molecule has 8 rings (SSSR count). The molecule has 3 bridgehead atoms.